The minimum atomic E-state index is -0.351. The number of pyridine rings is 1. The zero-order chi connectivity index (χ0) is 11.4. The van der Waals surface area contributed by atoms with Crippen molar-refractivity contribution in [1.29, 1.82) is 0 Å². The van der Waals surface area contributed by atoms with Gasteiger partial charge < -0.3 is 11.1 Å². The molecule has 0 unspecified atom stereocenters. The van der Waals surface area contributed by atoms with Crippen LogP contribution in [0.4, 0.5) is 5.69 Å². The lowest BCUT2D eigenvalue weighted by molar-refractivity contribution is -0.124. The maximum atomic E-state index is 12.1. The third kappa shape index (κ3) is 2.07. The van der Waals surface area contributed by atoms with E-state index in [1.54, 1.807) is 18.5 Å². The zero-order valence-corrected chi connectivity index (χ0v) is 9.28. The molecule has 1 fully saturated rings. The summed E-state index contributed by atoms with van der Waals surface area (Å²) in [5.41, 5.74) is 6.14. The van der Waals surface area contributed by atoms with Crippen molar-refractivity contribution < 1.29 is 4.79 Å². The van der Waals surface area contributed by atoms with Gasteiger partial charge in [-0.2, -0.15) is 0 Å². The molecule has 86 valence electrons. The molecule has 4 nitrogen and oxygen atoms in total. The van der Waals surface area contributed by atoms with Crippen LogP contribution in [0.5, 0.6) is 0 Å². The van der Waals surface area contributed by atoms with Crippen molar-refractivity contribution in [2.24, 2.45) is 11.1 Å². The van der Waals surface area contributed by atoms with Crippen molar-refractivity contribution >= 4 is 11.6 Å². The summed E-state index contributed by atoms with van der Waals surface area (Å²) in [4.78, 5) is 16.1. The number of amides is 1. The molecule has 3 N–H and O–H groups in total. The van der Waals surface area contributed by atoms with Crippen LogP contribution in [0.3, 0.4) is 0 Å². The quantitative estimate of drug-likeness (QED) is 0.810. The van der Waals surface area contributed by atoms with E-state index in [-0.39, 0.29) is 11.3 Å². The van der Waals surface area contributed by atoms with E-state index >= 15 is 0 Å². The fraction of sp³-hybridized carbons (Fsp3) is 0.500. The molecule has 1 aliphatic carbocycles. The summed E-state index contributed by atoms with van der Waals surface area (Å²) in [5, 5.41) is 2.89. The standard InChI is InChI=1S/C12H17N3O/c13-9-12(5-1-2-6-12)11(16)15-10-4-3-7-14-8-10/h3-4,7-8H,1-2,5-6,9,13H2,(H,15,16). The molecule has 2 rings (SSSR count). The molecule has 1 aromatic heterocycles. The molecular formula is C12H17N3O. The molecule has 0 saturated heterocycles. The van der Waals surface area contributed by atoms with Crippen LogP contribution in [0.15, 0.2) is 24.5 Å². The highest BCUT2D eigenvalue weighted by Gasteiger charge is 2.39. The predicted octanol–water partition coefficient (Wildman–Crippen LogP) is 1.54. The molecule has 0 spiro atoms. The Bertz CT molecular complexity index is 358. The highest BCUT2D eigenvalue weighted by molar-refractivity contribution is 5.95. The van der Waals surface area contributed by atoms with Crippen molar-refractivity contribution in [3.63, 3.8) is 0 Å². The Morgan fingerprint density at radius 2 is 2.25 bits per heavy atom. The van der Waals surface area contributed by atoms with Crippen LogP contribution in [-0.2, 0) is 4.79 Å². The molecule has 1 aromatic rings. The van der Waals surface area contributed by atoms with Crippen LogP contribution in [0, 0.1) is 5.41 Å². The van der Waals surface area contributed by atoms with E-state index in [1.165, 1.54) is 0 Å². The fourth-order valence-corrected chi connectivity index (χ4v) is 2.28. The lowest BCUT2D eigenvalue weighted by atomic mass is 9.85. The maximum absolute atomic E-state index is 12.1. The summed E-state index contributed by atoms with van der Waals surface area (Å²) in [6.45, 7) is 0.430. The molecule has 16 heavy (non-hydrogen) atoms. The smallest absolute Gasteiger partial charge is 0.231 e. The van der Waals surface area contributed by atoms with Crippen molar-refractivity contribution in [2.45, 2.75) is 25.7 Å². The molecule has 4 heteroatoms. The van der Waals surface area contributed by atoms with Crippen molar-refractivity contribution in [2.75, 3.05) is 11.9 Å². The molecule has 0 atom stereocenters. The van der Waals surface area contributed by atoms with E-state index in [9.17, 15) is 4.79 Å². The van der Waals surface area contributed by atoms with Crippen LogP contribution >= 0.6 is 0 Å². The van der Waals surface area contributed by atoms with Crippen LogP contribution in [0.25, 0.3) is 0 Å². The summed E-state index contributed by atoms with van der Waals surface area (Å²) in [5.74, 6) is 0.0421. The van der Waals surface area contributed by atoms with Crippen molar-refractivity contribution in [3.05, 3.63) is 24.5 Å². The van der Waals surface area contributed by atoms with Gasteiger partial charge in [-0.05, 0) is 25.0 Å². The third-order valence-corrected chi connectivity index (χ3v) is 3.35. The first-order valence-corrected chi connectivity index (χ1v) is 5.68. The number of aromatic nitrogens is 1. The summed E-state index contributed by atoms with van der Waals surface area (Å²) in [6, 6.07) is 3.64. The first kappa shape index (κ1) is 11.1. The zero-order valence-electron chi connectivity index (χ0n) is 9.28. The third-order valence-electron chi connectivity index (χ3n) is 3.35. The average molecular weight is 219 g/mol. The minimum absolute atomic E-state index is 0.0421. The van der Waals surface area contributed by atoms with Crippen molar-refractivity contribution in [3.8, 4) is 0 Å². The second-order valence-electron chi connectivity index (χ2n) is 4.39. The van der Waals surface area contributed by atoms with E-state index in [4.69, 9.17) is 5.73 Å². The van der Waals surface area contributed by atoms with E-state index in [0.29, 0.717) is 6.54 Å². The van der Waals surface area contributed by atoms with Gasteiger partial charge in [0, 0.05) is 12.7 Å². The summed E-state index contributed by atoms with van der Waals surface area (Å²) >= 11 is 0. The molecule has 1 heterocycles. The summed E-state index contributed by atoms with van der Waals surface area (Å²) in [7, 11) is 0. The van der Waals surface area contributed by atoms with Crippen LogP contribution in [0.2, 0.25) is 0 Å². The number of nitrogens with zero attached hydrogens (tertiary/aromatic N) is 1. The van der Waals surface area contributed by atoms with Crippen LogP contribution in [0.1, 0.15) is 25.7 Å². The molecular weight excluding hydrogens is 202 g/mol. The Balaban J connectivity index is 2.07. The molecule has 1 saturated carbocycles. The van der Waals surface area contributed by atoms with Gasteiger partial charge in [0.15, 0.2) is 0 Å². The Hall–Kier alpha value is -1.42. The fourth-order valence-electron chi connectivity index (χ4n) is 2.28. The maximum Gasteiger partial charge on any atom is 0.231 e. The average Bonchev–Trinajstić information content (AvgIpc) is 2.80. The van der Waals surface area contributed by atoms with Gasteiger partial charge in [0.05, 0.1) is 17.3 Å². The summed E-state index contributed by atoms with van der Waals surface area (Å²) < 4.78 is 0. The Kier molecular flexibility index (Phi) is 3.19. The van der Waals surface area contributed by atoms with Gasteiger partial charge in [0.2, 0.25) is 5.91 Å². The Labute approximate surface area is 95.3 Å². The molecule has 0 aromatic carbocycles. The highest BCUT2D eigenvalue weighted by atomic mass is 16.2. The molecule has 0 radical (unpaired) electrons. The van der Waals surface area contributed by atoms with E-state index in [0.717, 1.165) is 31.4 Å². The number of nitrogens with two attached hydrogens (primary N) is 1. The topological polar surface area (TPSA) is 68.0 Å². The number of hydrogen-bond acceptors (Lipinski definition) is 3. The second kappa shape index (κ2) is 4.61. The van der Waals surface area contributed by atoms with Gasteiger partial charge >= 0.3 is 0 Å². The van der Waals surface area contributed by atoms with Gasteiger partial charge in [-0.1, -0.05) is 12.8 Å². The largest absolute Gasteiger partial charge is 0.329 e. The van der Waals surface area contributed by atoms with Gasteiger partial charge in [0.25, 0.3) is 0 Å². The second-order valence-corrected chi connectivity index (χ2v) is 4.39. The van der Waals surface area contributed by atoms with E-state index < -0.39 is 0 Å². The monoisotopic (exact) mass is 219 g/mol. The number of anilines is 1. The lowest BCUT2D eigenvalue weighted by Crippen LogP contribution is -2.40. The van der Waals surface area contributed by atoms with E-state index in [2.05, 4.69) is 10.3 Å². The van der Waals surface area contributed by atoms with Crippen molar-refractivity contribution in [1.82, 2.24) is 4.98 Å². The number of carbonyl (C=O) groups is 1. The van der Waals surface area contributed by atoms with Gasteiger partial charge in [0.1, 0.15) is 0 Å². The van der Waals surface area contributed by atoms with Gasteiger partial charge in [-0.3, -0.25) is 9.78 Å². The molecule has 0 aliphatic heterocycles. The van der Waals surface area contributed by atoms with Crippen LogP contribution < -0.4 is 11.1 Å². The van der Waals surface area contributed by atoms with E-state index in [1.807, 2.05) is 6.07 Å². The first-order chi connectivity index (χ1) is 7.77. The predicted molar refractivity (Wildman–Crippen MR) is 62.8 cm³/mol. The van der Waals surface area contributed by atoms with Gasteiger partial charge in [-0.25, -0.2) is 0 Å². The number of nitrogens with one attached hydrogen (secondary N) is 1. The van der Waals surface area contributed by atoms with Gasteiger partial charge in [-0.15, -0.1) is 0 Å². The molecule has 1 amide bonds. The molecule has 1 aliphatic rings. The first-order valence-electron chi connectivity index (χ1n) is 5.68. The minimum Gasteiger partial charge on any atom is -0.329 e. The Morgan fingerprint density at radius 3 is 2.81 bits per heavy atom. The number of rotatable bonds is 3. The summed E-state index contributed by atoms with van der Waals surface area (Å²) in [6.07, 6.45) is 7.32. The number of carbonyl (C=O) groups excluding carboxylic acids is 1. The number of hydrogen-bond donors (Lipinski definition) is 2. The van der Waals surface area contributed by atoms with Crippen LogP contribution in [-0.4, -0.2) is 17.4 Å². The SMILES string of the molecule is NCC1(C(=O)Nc2cccnc2)CCCC1. The Morgan fingerprint density at radius 1 is 1.50 bits per heavy atom. The molecule has 0 bridgehead atoms. The highest BCUT2D eigenvalue weighted by Crippen LogP contribution is 2.38. The normalized spacial score (nSPS) is 18.3. The lowest BCUT2D eigenvalue weighted by Gasteiger charge is -2.25.